The number of carbonyl (C=O) groups excluding carboxylic acids is 2. The monoisotopic (exact) mass is 379 g/mol. The van der Waals surface area contributed by atoms with Crippen LogP contribution < -0.4 is 11.1 Å². The molecule has 0 aliphatic rings. The van der Waals surface area contributed by atoms with Crippen molar-refractivity contribution in [1.82, 2.24) is 5.32 Å². The molecule has 1 rings (SSSR count). The van der Waals surface area contributed by atoms with Gasteiger partial charge in [-0.15, -0.1) is 0 Å². The summed E-state index contributed by atoms with van der Waals surface area (Å²) in [6.45, 7) is 4.16. The van der Waals surface area contributed by atoms with Gasteiger partial charge in [-0.05, 0) is 32.5 Å². The van der Waals surface area contributed by atoms with E-state index in [9.17, 15) is 19.2 Å². The van der Waals surface area contributed by atoms with Gasteiger partial charge in [-0.1, -0.05) is 0 Å². The standard InChI is InChI=1S/C13H17NO8S2/c1-6-8(22-11(18)21-6)4-20-12(19)24-5-7(9(15)16)14-10(17)13(2,3)23/h7,23H,4-5H2,1-3H3,(H,14,17)(H,15,16)/t7-/m0/s1. The molecule has 9 nitrogen and oxygen atoms in total. The van der Waals surface area contributed by atoms with Gasteiger partial charge in [0.15, 0.2) is 18.1 Å². The molecule has 0 aliphatic carbocycles. The average Bonchev–Trinajstić information content (AvgIpc) is 2.77. The summed E-state index contributed by atoms with van der Waals surface area (Å²) in [7, 11) is 0. The molecule has 2 N–H and O–H groups in total. The summed E-state index contributed by atoms with van der Waals surface area (Å²) in [5.41, 5.74) is 0. The molecule has 0 aliphatic heterocycles. The van der Waals surface area contributed by atoms with E-state index in [1.165, 1.54) is 20.8 Å². The zero-order valence-electron chi connectivity index (χ0n) is 13.2. The molecule has 0 unspecified atom stereocenters. The highest BCUT2D eigenvalue weighted by Crippen LogP contribution is 2.15. The molecule has 24 heavy (non-hydrogen) atoms. The first-order valence-corrected chi connectivity index (χ1v) is 8.09. The van der Waals surface area contributed by atoms with Gasteiger partial charge in [0.25, 0.3) is 0 Å². The van der Waals surface area contributed by atoms with Crippen LogP contribution in [0.4, 0.5) is 4.79 Å². The molecule has 1 amide bonds. The number of aryl methyl sites for hydroxylation is 1. The van der Waals surface area contributed by atoms with Crippen LogP contribution in [-0.2, 0) is 20.9 Å². The summed E-state index contributed by atoms with van der Waals surface area (Å²) in [6.07, 6.45) is 0. The topological polar surface area (TPSA) is 136 Å². The van der Waals surface area contributed by atoms with Crippen molar-refractivity contribution in [2.24, 2.45) is 0 Å². The molecule has 0 spiro atoms. The highest BCUT2D eigenvalue weighted by Gasteiger charge is 2.29. The lowest BCUT2D eigenvalue weighted by Gasteiger charge is -2.20. The Labute approximate surface area is 146 Å². The molecule has 11 heteroatoms. The number of hydrogen-bond acceptors (Lipinski definition) is 9. The molecule has 134 valence electrons. The predicted molar refractivity (Wildman–Crippen MR) is 87.3 cm³/mol. The number of aliphatic carboxylic acids is 1. The molecule has 1 atom stereocenters. The van der Waals surface area contributed by atoms with E-state index in [-0.39, 0.29) is 23.9 Å². The van der Waals surface area contributed by atoms with Crippen LogP contribution in [0.25, 0.3) is 0 Å². The van der Waals surface area contributed by atoms with E-state index in [1.54, 1.807) is 0 Å². The Morgan fingerprint density at radius 1 is 1.38 bits per heavy atom. The Morgan fingerprint density at radius 3 is 2.46 bits per heavy atom. The number of carboxylic acids is 1. The van der Waals surface area contributed by atoms with E-state index < -0.39 is 33.8 Å². The molecule has 0 aromatic carbocycles. The van der Waals surface area contributed by atoms with Crippen molar-refractivity contribution in [1.29, 1.82) is 0 Å². The van der Waals surface area contributed by atoms with Gasteiger partial charge < -0.3 is 24.0 Å². The Kier molecular flexibility index (Phi) is 6.96. The third-order valence-electron chi connectivity index (χ3n) is 2.68. The van der Waals surface area contributed by atoms with Crippen LogP contribution in [0.1, 0.15) is 25.4 Å². The smallest absolute Gasteiger partial charge is 0.480 e. The van der Waals surface area contributed by atoms with E-state index in [4.69, 9.17) is 9.84 Å². The van der Waals surface area contributed by atoms with Gasteiger partial charge >= 0.3 is 17.1 Å². The van der Waals surface area contributed by atoms with Crippen molar-refractivity contribution < 1.29 is 33.1 Å². The van der Waals surface area contributed by atoms with Crippen molar-refractivity contribution >= 4 is 41.6 Å². The van der Waals surface area contributed by atoms with Gasteiger partial charge in [0.2, 0.25) is 5.91 Å². The van der Waals surface area contributed by atoms with Gasteiger partial charge in [0.05, 0.1) is 4.75 Å². The lowest BCUT2D eigenvalue weighted by Crippen LogP contribution is -2.48. The fraction of sp³-hybridized carbons (Fsp3) is 0.538. The number of hydrogen-bond donors (Lipinski definition) is 3. The molecule has 0 fully saturated rings. The second kappa shape index (κ2) is 8.29. The van der Waals surface area contributed by atoms with Gasteiger partial charge in [-0.25, -0.2) is 14.4 Å². The summed E-state index contributed by atoms with van der Waals surface area (Å²) < 4.78 is 13.0. The maximum atomic E-state index is 11.7. The second-order valence-corrected chi connectivity index (χ2v) is 7.28. The molecule has 1 heterocycles. The third-order valence-corrected chi connectivity index (χ3v) is 3.74. The fourth-order valence-electron chi connectivity index (χ4n) is 1.33. The number of ether oxygens (including phenoxy) is 1. The lowest BCUT2D eigenvalue weighted by molar-refractivity contribution is -0.141. The molecule has 1 aromatic rings. The first-order chi connectivity index (χ1) is 11.0. The Balaban J connectivity index is 2.50. The number of carboxylic acid groups (broad SMARTS) is 1. The largest absolute Gasteiger partial charge is 0.519 e. The van der Waals surface area contributed by atoms with Crippen molar-refractivity contribution in [3.05, 3.63) is 22.1 Å². The van der Waals surface area contributed by atoms with Crippen LogP contribution in [0.5, 0.6) is 0 Å². The minimum Gasteiger partial charge on any atom is -0.480 e. The fourth-order valence-corrected chi connectivity index (χ4v) is 2.07. The van der Waals surface area contributed by atoms with Gasteiger partial charge in [-0.3, -0.25) is 4.79 Å². The van der Waals surface area contributed by atoms with Crippen LogP contribution >= 0.6 is 24.4 Å². The molecular formula is C13H17NO8S2. The van der Waals surface area contributed by atoms with Crippen LogP contribution in [0.2, 0.25) is 0 Å². The number of amides is 1. The van der Waals surface area contributed by atoms with Gasteiger partial charge in [-0.2, -0.15) is 12.6 Å². The van der Waals surface area contributed by atoms with E-state index in [0.29, 0.717) is 11.8 Å². The number of rotatable bonds is 7. The van der Waals surface area contributed by atoms with E-state index in [1.807, 2.05) is 0 Å². The Hall–Kier alpha value is -1.88. The second-order valence-electron chi connectivity index (χ2n) is 5.21. The Morgan fingerprint density at radius 2 is 2.00 bits per heavy atom. The summed E-state index contributed by atoms with van der Waals surface area (Å²) in [5.74, 6) is -2.77. The van der Waals surface area contributed by atoms with E-state index in [2.05, 4.69) is 26.8 Å². The molecule has 0 saturated heterocycles. The maximum absolute atomic E-state index is 11.7. The van der Waals surface area contributed by atoms with E-state index in [0.717, 1.165) is 0 Å². The van der Waals surface area contributed by atoms with Crippen molar-refractivity contribution in [2.75, 3.05) is 5.75 Å². The SMILES string of the molecule is Cc1oc(=O)oc1COC(=O)SC[C@H](NC(=O)C(C)(C)S)C(=O)O. The zero-order valence-corrected chi connectivity index (χ0v) is 14.9. The number of thiol groups is 1. The quantitative estimate of drug-likeness (QED) is 0.471. The highest BCUT2D eigenvalue weighted by molar-refractivity contribution is 8.13. The molecule has 1 aromatic heterocycles. The zero-order chi connectivity index (χ0) is 18.5. The first-order valence-electron chi connectivity index (χ1n) is 6.65. The number of carbonyl (C=O) groups is 3. The van der Waals surface area contributed by atoms with Crippen molar-refractivity contribution in [2.45, 2.75) is 38.2 Å². The Bertz CT molecular complexity index is 672. The van der Waals surface area contributed by atoms with Crippen molar-refractivity contribution in [3.63, 3.8) is 0 Å². The molecule has 0 radical (unpaired) electrons. The minimum atomic E-state index is -1.29. The van der Waals surface area contributed by atoms with Crippen LogP contribution in [0.15, 0.2) is 13.6 Å². The first kappa shape index (κ1) is 20.2. The highest BCUT2D eigenvalue weighted by atomic mass is 32.2. The normalized spacial score (nSPS) is 12.5. The van der Waals surface area contributed by atoms with Crippen LogP contribution in [0, 0.1) is 6.92 Å². The summed E-state index contributed by atoms with van der Waals surface area (Å²) in [4.78, 5) is 45.3. The van der Waals surface area contributed by atoms with Crippen LogP contribution in [0.3, 0.4) is 0 Å². The van der Waals surface area contributed by atoms with Gasteiger partial charge in [0, 0.05) is 5.75 Å². The predicted octanol–water partition coefficient (Wildman–Crippen LogP) is 1.19. The summed E-state index contributed by atoms with van der Waals surface area (Å²) >= 11 is 4.60. The maximum Gasteiger partial charge on any atom is 0.519 e. The lowest BCUT2D eigenvalue weighted by atomic mass is 10.2. The van der Waals surface area contributed by atoms with Crippen LogP contribution in [-0.4, -0.2) is 38.8 Å². The van der Waals surface area contributed by atoms with E-state index >= 15 is 0 Å². The number of nitrogens with one attached hydrogen (secondary N) is 1. The minimum absolute atomic E-state index is 0.0638. The molecule has 0 bridgehead atoms. The van der Waals surface area contributed by atoms with Gasteiger partial charge in [0.1, 0.15) is 6.04 Å². The average molecular weight is 379 g/mol. The van der Waals surface area contributed by atoms with Crippen molar-refractivity contribution in [3.8, 4) is 0 Å². The summed E-state index contributed by atoms with van der Waals surface area (Å²) in [5, 5.41) is 10.6. The molecular weight excluding hydrogens is 362 g/mol. The molecule has 0 saturated carbocycles. The third kappa shape index (κ3) is 6.32. The number of thioether (sulfide) groups is 1. The summed E-state index contributed by atoms with van der Waals surface area (Å²) in [6, 6.07) is -1.28.